The number of nitrogens with one attached hydrogen (secondary N) is 1. The van der Waals surface area contributed by atoms with Gasteiger partial charge in [-0.25, -0.2) is 0 Å². The van der Waals surface area contributed by atoms with Crippen molar-refractivity contribution in [3.05, 3.63) is 57.6 Å². The van der Waals surface area contributed by atoms with E-state index in [-0.39, 0.29) is 5.91 Å². The summed E-state index contributed by atoms with van der Waals surface area (Å²) in [6.45, 7) is 5.82. The number of anilines is 1. The van der Waals surface area contributed by atoms with E-state index < -0.39 is 5.25 Å². The summed E-state index contributed by atoms with van der Waals surface area (Å²) in [5.74, 6) is -0.223. The predicted molar refractivity (Wildman–Crippen MR) is 109 cm³/mol. The number of rotatable bonds is 5. The monoisotopic (exact) mass is 421 g/mol. The highest BCUT2D eigenvalue weighted by Crippen LogP contribution is 2.28. The Morgan fingerprint density at radius 2 is 2.00 bits per heavy atom. The number of aryl methyl sites for hydroxylation is 1. The second-order valence-corrected chi connectivity index (χ2v) is 8.12. The van der Waals surface area contributed by atoms with Gasteiger partial charge in [0.05, 0.1) is 21.6 Å². The Balaban J connectivity index is 1.78. The molecule has 0 radical (unpaired) electrons. The van der Waals surface area contributed by atoms with Crippen LogP contribution in [0.3, 0.4) is 0 Å². The SMILES string of the molecule is Cc1cccc(-n2nnnc2SC(C)C(=O)Nc2cc(Cl)ccc2Cl)c1C. The lowest BCUT2D eigenvalue weighted by molar-refractivity contribution is -0.115. The molecule has 1 atom stereocenters. The zero-order valence-electron chi connectivity index (χ0n) is 14.9. The Morgan fingerprint density at radius 1 is 1.22 bits per heavy atom. The molecule has 0 aliphatic carbocycles. The molecule has 1 aromatic heterocycles. The minimum absolute atomic E-state index is 0.223. The Kier molecular flexibility index (Phi) is 6.04. The van der Waals surface area contributed by atoms with Crippen molar-refractivity contribution in [3.63, 3.8) is 0 Å². The summed E-state index contributed by atoms with van der Waals surface area (Å²) in [5, 5.41) is 15.7. The summed E-state index contributed by atoms with van der Waals surface area (Å²) in [4.78, 5) is 12.6. The molecule has 1 amide bonds. The van der Waals surface area contributed by atoms with Crippen LogP contribution in [0.2, 0.25) is 10.0 Å². The molecule has 6 nitrogen and oxygen atoms in total. The van der Waals surface area contributed by atoms with E-state index in [0.29, 0.717) is 20.9 Å². The number of halogens is 2. The number of hydrogen-bond donors (Lipinski definition) is 1. The van der Waals surface area contributed by atoms with E-state index in [2.05, 4.69) is 20.8 Å². The quantitative estimate of drug-likeness (QED) is 0.604. The minimum Gasteiger partial charge on any atom is -0.324 e. The first-order chi connectivity index (χ1) is 12.9. The molecule has 2 aromatic carbocycles. The largest absolute Gasteiger partial charge is 0.324 e. The van der Waals surface area contributed by atoms with Crippen LogP contribution in [-0.2, 0) is 4.79 Å². The third kappa shape index (κ3) is 4.43. The van der Waals surface area contributed by atoms with Gasteiger partial charge in [0.25, 0.3) is 0 Å². The summed E-state index contributed by atoms with van der Waals surface area (Å²) >= 11 is 13.3. The molecular formula is C18H17Cl2N5OS. The van der Waals surface area contributed by atoms with Crippen LogP contribution in [0, 0.1) is 13.8 Å². The lowest BCUT2D eigenvalue weighted by Gasteiger charge is -2.14. The fourth-order valence-corrected chi connectivity index (χ4v) is 3.55. The molecule has 1 unspecified atom stereocenters. The smallest absolute Gasteiger partial charge is 0.237 e. The highest BCUT2D eigenvalue weighted by atomic mass is 35.5. The number of tetrazole rings is 1. The first-order valence-electron chi connectivity index (χ1n) is 8.14. The van der Waals surface area contributed by atoms with Crippen molar-refractivity contribution >= 4 is 46.6 Å². The number of thioether (sulfide) groups is 1. The molecule has 0 saturated carbocycles. The second kappa shape index (κ2) is 8.29. The Bertz CT molecular complexity index is 992. The fraction of sp³-hybridized carbons (Fsp3) is 0.222. The molecule has 3 aromatic rings. The highest BCUT2D eigenvalue weighted by molar-refractivity contribution is 8.00. The van der Waals surface area contributed by atoms with Crippen molar-refractivity contribution in [2.45, 2.75) is 31.2 Å². The summed E-state index contributed by atoms with van der Waals surface area (Å²) < 4.78 is 1.64. The van der Waals surface area contributed by atoms with Crippen LogP contribution in [0.1, 0.15) is 18.1 Å². The average molecular weight is 422 g/mol. The standard InChI is InChI=1S/C18H17Cl2N5OS/c1-10-5-4-6-16(11(10)2)25-18(22-23-24-25)27-12(3)17(26)21-15-9-13(19)7-8-14(15)20/h4-9,12H,1-3H3,(H,21,26). The molecule has 140 valence electrons. The summed E-state index contributed by atoms with van der Waals surface area (Å²) in [6, 6.07) is 10.8. The van der Waals surface area contributed by atoms with E-state index in [1.807, 2.05) is 32.0 Å². The van der Waals surface area contributed by atoms with Crippen LogP contribution in [0.25, 0.3) is 5.69 Å². The maximum Gasteiger partial charge on any atom is 0.237 e. The zero-order valence-corrected chi connectivity index (χ0v) is 17.2. The number of hydrogen-bond acceptors (Lipinski definition) is 5. The van der Waals surface area contributed by atoms with Crippen LogP contribution < -0.4 is 5.32 Å². The van der Waals surface area contributed by atoms with Crippen LogP contribution in [-0.4, -0.2) is 31.4 Å². The number of carbonyl (C=O) groups excluding carboxylic acids is 1. The van der Waals surface area contributed by atoms with Crippen molar-refractivity contribution in [1.29, 1.82) is 0 Å². The van der Waals surface area contributed by atoms with Crippen LogP contribution >= 0.6 is 35.0 Å². The molecule has 0 aliphatic rings. The van der Waals surface area contributed by atoms with Crippen LogP contribution in [0.15, 0.2) is 41.6 Å². The number of nitrogens with zero attached hydrogens (tertiary/aromatic N) is 4. The van der Waals surface area contributed by atoms with Crippen LogP contribution in [0.4, 0.5) is 5.69 Å². The van der Waals surface area contributed by atoms with Gasteiger partial charge in [-0.1, -0.05) is 47.1 Å². The molecule has 0 saturated heterocycles. The van der Waals surface area contributed by atoms with E-state index in [1.54, 1.807) is 29.8 Å². The van der Waals surface area contributed by atoms with Crippen molar-refractivity contribution in [1.82, 2.24) is 20.2 Å². The molecule has 9 heteroatoms. The summed E-state index contributed by atoms with van der Waals surface area (Å²) in [6.07, 6.45) is 0. The van der Waals surface area contributed by atoms with Gasteiger partial charge in [0, 0.05) is 5.02 Å². The summed E-state index contributed by atoms with van der Waals surface area (Å²) in [7, 11) is 0. The van der Waals surface area contributed by atoms with Gasteiger partial charge < -0.3 is 5.32 Å². The third-order valence-electron chi connectivity index (χ3n) is 4.08. The molecule has 0 fully saturated rings. The van der Waals surface area contributed by atoms with E-state index in [9.17, 15) is 4.79 Å². The molecule has 1 N–H and O–H groups in total. The Hall–Kier alpha value is -2.09. The van der Waals surface area contributed by atoms with E-state index in [0.717, 1.165) is 16.8 Å². The maximum atomic E-state index is 12.6. The minimum atomic E-state index is -0.449. The average Bonchev–Trinajstić information content (AvgIpc) is 3.08. The van der Waals surface area contributed by atoms with E-state index in [4.69, 9.17) is 23.2 Å². The highest BCUT2D eigenvalue weighted by Gasteiger charge is 2.21. The van der Waals surface area contributed by atoms with E-state index >= 15 is 0 Å². The Labute approximate surface area is 171 Å². The third-order valence-corrected chi connectivity index (χ3v) is 5.68. The molecule has 3 rings (SSSR count). The molecule has 27 heavy (non-hydrogen) atoms. The van der Waals surface area contributed by atoms with Gasteiger partial charge in [-0.3, -0.25) is 4.79 Å². The number of carbonyl (C=O) groups is 1. The number of amides is 1. The van der Waals surface area contributed by atoms with Gasteiger partial charge in [-0.15, -0.1) is 5.10 Å². The Morgan fingerprint density at radius 3 is 2.78 bits per heavy atom. The van der Waals surface area contributed by atoms with Gasteiger partial charge in [0.2, 0.25) is 11.1 Å². The lowest BCUT2D eigenvalue weighted by atomic mass is 10.1. The molecule has 0 aliphatic heterocycles. The molecule has 0 spiro atoms. The van der Waals surface area contributed by atoms with Crippen LogP contribution in [0.5, 0.6) is 0 Å². The number of benzene rings is 2. The normalized spacial score (nSPS) is 12.0. The molecule has 1 heterocycles. The first-order valence-corrected chi connectivity index (χ1v) is 9.78. The summed E-state index contributed by atoms with van der Waals surface area (Å²) in [5.41, 5.74) is 3.57. The second-order valence-electron chi connectivity index (χ2n) is 5.97. The van der Waals surface area contributed by atoms with Gasteiger partial charge in [-0.2, -0.15) is 4.68 Å². The fourth-order valence-electron chi connectivity index (χ4n) is 2.41. The lowest BCUT2D eigenvalue weighted by Crippen LogP contribution is -2.23. The van der Waals surface area contributed by atoms with Gasteiger partial charge >= 0.3 is 0 Å². The van der Waals surface area contributed by atoms with Crippen molar-refractivity contribution < 1.29 is 4.79 Å². The predicted octanol–water partition coefficient (Wildman–Crippen LogP) is 4.71. The van der Waals surface area contributed by atoms with Crippen molar-refractivity contribution in [2.24, 2.45) is 0 Å². The van der Waals surface area contributed by atoms with Gasteiger partial charge in [0.15, 0.2) is 0 Å². The topological polar surface area (TPSA) is 72.7 Å². The maximum absolute atomic E-state index is 12.6. The molecular weight excluding hydrogens is 405 g/mol. The molecule has 0 bridgehead atoms. The first kappa shape index (κ1) is 19.7. The van der Waals surface area contributed by atoms with Crippen molar-refractivity contribution in [2.75, 3.05) is 5.32 Å². The van der Waals surface area contributed by atoms with Gasteiger partial charge in [-0.05, 0) is 66.6 Å². The van der Waals surface area contributed by atoms with E-state index in [1.165, 1.54) is 11.8 Å². The number of aromatic nitrogens is 4. The van der Waals surface area contributed by atoms with Gasteiger partial charge in [0.1, 0.15) is 0 Å². The zero-order chi connectivity index (χ0) is 19.6. The van der Waals surface area contributed by atoms with Crippen molar-refractivity contribution in [3.8, 4) is 5.69 Å².